The van der Waals surface area contributed by atoms with Crippen LogP contribution in [0.2, 0.25) is 0 Å². The molecule has 15 heavy (non-hydrogen) atoms. The Kier molecular flexibility index (Phi) is 2.15. The van der Waals surface area contributed by atoms with E-state index in [4.69, 9.17) is 5.41 Å². The van der Waals surface area contributed by atoms with Gasteiger partial charge >= 0.3 is 0 Å². The van der Waals surface area contributed by atoms with Crippen LogP contribution in [-0.4, -0.2) is 17.9 Å². The fraction of sp³-hybridized carbons (Fsp3) is 0.200. The topological polar surface area (TPSA) is 56.2 Å². The Morgan fingerprint density at radius 1 is 1.40 bits per heavy atom. The average molecular weight is 207 g/mol. The van der Waals surface area contributed by atoms with Gasteiger partial charge in [0, 0.05) is 5.69 Å². The van der Waals surface area contributed by atoms with Gasteiger partial charge in [0.05, 0.1) is 0 Å². The molecule has 4 nitrogen and oxygen atoms in total. The number of carbonyl (C=O) groups excluding carboxylic acids is 1. The van der Waals surface area contributed by atoms with Crippen molar-refractivity contribution >= 4 is 17.6 Å². The number of carbonyl (C=O) groups is 1. The first-order chi connectivity index (χ1) is 7.09. The Balaban J connectivity index is 2.34. The van der Waals surface area contributed by atoms with E-state index in [1.807, 2.05) is 0 Å². The molecule has 2 N–H and O–H groups in total. The number of guanidine groups is 1. The molecule has 0 spiro atoms. The van der Waals surface area contributed by atoms with Crippen molar-refractivity contribution in [2.45, 2.75) is 13.0 Å². The summed E-state index contributed by atoms with van der Waals surface area (Å²) in [4.78, 5) is 12.8. The molecule has 1 aliphatic rings. The summed E-state index contributed by atoms with van der Waals surface area (Å²) in [7, 11) is 0. The fourth-order valence-corrected chi connectivity index (χ4v) is 1.55. The van der Waals surface area contributed by atoms with Crippen LogP contribution in [-0.2, 0) is 4.79 Å². The number of amides is 1. The second kappa shape index (κ2) is 3.34. The highest BCUT2D eigenvalue weighted by atomic mass is 19.1. The second-order valence-corrected chi connectivity index (χ2v) is 3.36. The molecule has 0 aromatic heterocycles. The Hall–Kier alpha value is -1.91. The highest BCUT2D eigenvalue weighted by molar-refractivity contribution is 6.15. The van der Waals surface area contributed by atoms with Crippen molar-refractivity contribution in [2.24, 2.45) is 0 Å². The molecule has 2 rings (SSSR count). The number of hydrogen-bond donors (Lipinski definition) is 2. The van der Waals surface area contributed by atoms with Crippen LogP contribution in [0.4, 0.5) is 10.1 Å². The molecule has 1 aromatic carbocycles. The van der Waals surface area contributed by atoms with E-state index >= 15 is 0 Å². The number of nitrogens with zero attached hydrogens (tertiary/aromatic N) is 1. The van der Waals surface area contributed by atoms with Crippen LogP contribution >= 0.6 is 0 Å². The fourth-order valence-electron chi connectivity index (χ4n) is 1.55. The molecule has 1 heterocycles. The van der Waals surface area contributed by atoms with E-state index in [9.17, 15) is 9.18 Å². The normalized spacial score (nSPS) is 20.7. The highest BCUT2D eigenvalue weighted by Crippen LogP contribution is 2.20. The van der Waals surface area contributed by atoms with Crippen molar-refractivity contribution in [1.29, 1.82) is 5.41 Å². The summed E-state index contributed by atoms with van der Waals surface area (Å²) in [5, 5.41) is 9.96. The van der Waals surface area contributed by atoms with Gasteiger partial charge in [0.1, 0.15) is 11.9 Å². The molecule has 1 aromatic rings. The Labute approximate surface area is 86.2 Å². The Morgan fingerprint density at radius 3 is 2.47 bits per heavy atom. The van der Waals surface area contributed by atoms with E-state index in [-0.39, 0.29) is 17.7 Å². The summed E-state index contributed by atoms with van der Waals surface area (Å²) < 4.78 is 12.7. The van der Waals surface area contributed by atoms with Crippen molar-refractivity contribution in [1.82, 2.24) is 5.32 Å². The van der Waals surface area contributed by atoms with Gasteiger partial charge in [0.2, 0.25) is 11.9 Å². The average Bonchev–Trinajstić information content (AvgIpc) is 2.44. The molecular formula is C10H10FN3O. The molecular weight excluding hydrogens is 197 g/mol. The minimum atomic E-state index is -0.428. The lowest BCUT2D eigenvalue weighted by Gasteiger charge is -2.20. The van der Waals surface area contributed by atoms with E-state index in [0.29, 0.717) is 5.69 Å². The van der Waals surface area contributed by atoms with E-state index < -0.39 is 6.04 Å². The van der Waals surface area contributed by atoms with Crippen LogP contribution < -0.4 is 10.2 Å². The van der Waals surface area contributed by atoms with Gasteiger partial charge in [-0.1, -0.05) is 0 Å². The van der Waals surface area contributed by atoms with Crippen LogP contribution in [0.25, 0.3) is 0 Å². The molecule has 1 unspecified atom stereocenters. The van der Waals surface area contributed by atoms with Gasteiger partial charge in [-0.15, -0.1) is 0 Å². The maximum Gasteiger partial charge on any atom is 0.249 e. The zero-order valence-electron chi connectivity index (χ0n) is 8.12. The SMILES string of the molecule is CC1C(=O)NC(=N)N1c1ccc(F)cc1. The van der Waals surface area contributed by atoms with E-state index in [2.05, 4.69) is 5.32 Å². The molecule has 1 fully saturated rings. The van der Waals surface area contributed by atoms with Crippen LogP contribution in [0.5, 0.6) is 0 Å². The lowest BCUT2D eigenvalue weighted by molar-refractivity contribution is -0.119. The lowest BCUT2D eigenvalue weighted by Crippen LogP contribution is -2.33. The van der Waals surface area contributed by atoms with E-state index in [1.54, 1.807) is 19.1 Å². The minimum absolute atomic E-state index is 0.0270. The van der Waals surface area contributed by atoms with Gasteiger partial charge in [-0.2, -0.15) is 0 Å². The molecule has 1 atom stereocenters. The van der Waals surface area contributed by atoms with Crippen LogP contribution in [0, 0.1) is 11.2 Å². The lowest BCUT2D eigenvalue weighted by atomic mass is 10.2. The quantitative estimate of drug-likeness (QED) is 0.724. The Morgan fingerprint density at radius 2 is 2.00 bits per heavy atom. The van der Waals surface area contributed by atoms with Gasteiger partial charge in [-0.05, 0) is 31.2 Å². The first-order valence-electron chi connectivity index (χ1n) is 4.54. The number of rotatable bonds is 1. The van der Waals surface area contributed by atoms with Gasteiger partial charge in [-0.3, -0.25) is 15.5 Å². The zero-order chi connectivity index (χ0) is 11.0. The van der Waals surface area contributed by atoms with Crippen molar-refractivity contribution in [2.75, 3.05) is 4.90 Å². The van der Waals surface area contributed by atoms with Crippen molar-refractivity contribution in [3.8, 4) is 0 Å². The van der Waals surface area contributed by atoms with Crippen LogP contribution in [0.3, 0.4) is 0 Å². The molecule has 1 saturated heterocycles. The molecule has 0 aliphatic carbocycles. The van der Waals surface area contributed by atoms with Gasteiger partial charge in [-0.25, -0.2) is 4.39 Å². The highest BCUT2D eigenvalue weighted by Gasteiger charge is 2.33. The number of halogens is 1. The van der Waals surface area contributed by atoms with Crippen molar-refractivity contribution in [3.05, 3.63) is 30.1 Å². The first kappa shape index (κ1) is 9.64. The third kappa shape index (κ3) is 1.56. The summed E-state index contributed by atoms with van der Waals surface area (Å²) >= 11 is 0. The third-order valence-electron chi connectivity index (χ3n) is 2.35. The largest absolute Gasteiger partial charge is 0.300 e. The molecule has 1 amide bonds. The number of benzene rings is 1. The summed E-state index contributed by atoms with van der Waals surface area (Å²) in [6.45, 7) is 1.69. The third-order valence-corrected chi connectivity index (χ3v) is 2.35. The molecule has 5 heteroatoms. The molecule has 0 bridgehead atoms. The summed E-state index contributed by atoms with van der Waals surface area (Å²) in [5.41, 5.74) is 0.632. The van der Waals surface area contributed by atoms with Gasteiger partial charge in [0.15, 0.2) is 0 Å². The predicted molar refractivity (Wildman–Crippen MR) is 54.2 cm³/mol. The smallest absolute Gasteiger partial charge is 0.249 e. The molecule has 0 saturated carbocycles. The predicted octanol–water partition coefficient (Wildman–Crippen LogP) is 1.09. The van der Waals surface area contributed by atoms with E-state index in [1.165, 1.54) is 17.0 Å². The number of hydrogen-bond acceptors (Lipinski definition) is 2. The van der Waals surface area contributed by atoms with E-state index in [0.717, 1.165) is 0 Å². The Bertz CT molecular complexity index is 415. The van der Waals surface area contributed by atoms with Crippen molar-refractivity contribution < 1.29 is 9.18 Å². The summed E-state index contributed by atoms with van der Waals surface area (Å²) in [5.74, 6) is -0.528. The monoisotopic (exact) mass is 207 g/mol. The van der Waals surface area contributed by atoms with Gasteiger partial charge < -0.3 is 4.90 Å². The zero-order valence-corrected chi connectivity index (χ0v) is 8.12. The summed E-state index contributed by atoms with van der Waals surface area (Å²) in [6.07, 6.45) is 0. The molecule has 1 aliphatic heterocycles. The maximum absolute atomic E-state index is 12.7. The number of nitrogens with one attached hydrogen (secondary N) is 2. The number of anilines is 1. The van der Waals surface area contributed by atoms with Gasteiger partial charge in [0.25, 0.3) is 0 Å². The summed E-state index contributed by atoms with van der Waals surface area (Å²) in [6, 6.07) is 5.26. The minimum Gasteiger partial charge on any atom is -0.300 e. The standard InChI is InChI=1S/C10H10FN3O/c1-6-9(15)13-10(12)14(6)8-4-2-7(11)3-5-8/h2-6H,1H3,(H2,12,13,15). The van der Waals surface area contributed by atoms with Crippen LogP contribution in [0.15, 0.2) is 24.3 Å². The first-order valence-corrected chi connectivity index (χ1v) is 4.54. The maximum atomic E-state index is 12.7. The molecule has 78 valence electrons. The second-order valence-electron chi connectivity index (χ2n) is 3.36. The van der Waals surface area contributed by atoms with Crippen LogP contribution in [0.1, 0.15) is 6.92 Å². The molecule has 0 radical (unpaired) electrons. The van der Waals surface area contributed by atoms with Crippen molar-refractivity contribution in [3.63, 3.8) is 0 Å².